The summed E-state index contributed by atoms with van der Waals surface area (Å²) in [4.78, 5) is 23.5. The number of aryl methyl sites for hydroxylation is 1. The normalized spacial score (nSPS) is 14.1. The Kier molecular flexibility index (Phi) is 6.83. The Morgan fingerprint density at radius 1 is 1.11 bits per heavy atom. The number of hydrogen-bond donors (Lipinski definition) is 0. The van der Waals surface area contributed by atoms with Crippen molar-refractivity contribution in [3.8, 4) is 34.3 Å². The average Bonchev–Trinajstić information content (AvgIpc) is 3.33. The zero-order valence-electron chi connectivity index (χ0n) is 19.3. The molecular weight excluding hydrogens is 469 g/mol. The molecule has 0 aliphatic carbocycles. The highest BCUT2D eigenvalue weighted by Gasteiger charge is 2.31. The molecule has 9 nitrogen and oxygen atoms in total. The maximum atomic E-state index is 13.1. The van der Waals surface area contributed by atoms with Crippen LogP contribution in [-0.2, 0) is 4.74 Å². The van der Waals surface area contributed by atoms with Gasteiger partial charge in [0.05, 0.1) is 45.7 Å². The number of halogens is 3. The predicted octanol–water partition coefficient (Wildman–Crippen LogP) is 3.63. The molecule has 4 rings (SSSR count). The van der Waals surface area contributed by atoms with Crippen LogP contribution in [0.25, 0.3) is 16.9 Å². The largest absolute Gasteiger partial charge is 0.573 e. The summed E-state index contributed by atoms with van der Waals surface area (Å²) < 4.78 is 59.6. The Bertz CT molecular complexity index is 1220. The maximum absolute atomic E-state index is 13.1. The van der Waals surface area contributed by atoms with Crippen molar-refractivity contribution in [1.82, 2.24) is 19.4 Å². The maximum Gasteiger partial charge on any atom is 0.573 e. The molecule has 0 unspecified atom stereocenters. The fourth-order valence-corrected chi connectivity index (χ4v) is 3.82. The molecule has 3 heterocycles. The first-order valence-corrected chi connectivity index (χ1v) is 10.6. The Hall–Kier alpha value is -3.80. The molecule has 12 heteroatoms. The molecule has 1 aromatic carbocycles. The highest BCUT2D eigenvalue weighted by atomic mass is 19.4. The van der Waals surface area contributed by atoms with E-state index in [0.29, 0.717) is 54.5 Å². The lowest BCUT2D eigenvalue weighted by molar-refractivity contribution is -0.274. The molecule has 2 aromatic heterocycles. The van der Waals surface area contributed by atoms with Crippen molar-refractivity contribution in [2.75, 3.05) is 40.5 Å². The quantitative estimate of drug-likeness (QED) is 0.519. The van der Waals surface area contributed by atoms with E-state index in [1.165, 1.54) is 38.9 Å². The summed E-state index contributed by atoms with van der Waals surface area (Å²) in [5.41, 5.74) is 2.37. The van der Waals surface area contributed by atoms with Crippen molar-refractivity contribution in [3.63, 3.8) is 0 Å². The topological polar surface area (TPSA) is 87.9 Å². The highest BCUT2D eigenvalue weighted by Crippen LogP contribution is 2.38. The molecule has 186 valence electrons. The third-order valence-electron chi connectivity index (χ3n) is 5.43. The first kappa shape index (κ1) is 24.3. The predicted molar refractivity (Wildman–Crippen MR) is 118 cm³/mol. The zero-order valence-corrected chi connectivity index (χ0v) is 19.3. The molecule has 1 saturated heterocycles. The fourth-order valence-electron chi connectivity index (χ4n) is 3.82. The number of hydrogen-bond acceptors (Lipinski definition) is 7. The number of morpholine rings is 1. The van der Waals surface area contributed by atoms with Crippen LogP contribution in [0.3, 0.4) is 0 Å². The third kappa shape index (κ3) is 5.16. The van der Waals surface area contributed by atoms with Crippen molar-refractivity contribution >= 4 is 5.91 Å². The molecule has 1 aliphatic rings. The summed E-state index contributed by atoms with van der Waals surface area (Å²) in [5.74, 6) is -0.277. The second kappa shape index (κ2) is 9.82. The van der Waals surface area contributed by atoms with Crippen LogP contribution >= 0.6 is 0 Å². The molecule has 3 aromatic rings. The van der Waals surface area contributed by atoms with Gasteiger partial charge in [0, 0.05) is 24.7 Å². The van der Waals surface area contributed by atoms with Gasteiger partial charge in [-0.25, -0.2) is 9.97 Å². The van der Waals surface area contributed by atoms with E-state index in [-0.39, 0.29) is 17.5 Å². The first-order chi connectivity index (χ1) is 16.7. The van der Waals surface area contributed by atoms with Crippen LogP contribution in [0, 0.1) is 6.92 Å². The molecule has 0 N–H and O–H groups in total. The Morgan fingerprint density at radius 2 is 1.86 bits per heavy atom. The minimum absolute atomic E-state index is 0.142. The lowest BCUT2D eigenvalue weighted by Crippen LogP contribution is -2.41. The zero-order chi connectivity index (χ0) is 25.2. The van der Waals surface area contributed by atoms with Gasteiger partial charge in [0.15, 0.2) is 0 Å². The first-order valence-electron chi connectivity index (χ1n) is 10.6. The number of methoxy groups -OCH3 is 2. The highest BCUT2D eigenvalue weighted by molar-refractivity contribution is 5.93. The summed E-state index contributed by atoms with van der Waals surface area (Å²) in [6, 6.07) is 5.51. The van der Waals surface area contributed by atoms with Gasteiger partial charge >= 0.3 is 6.36 Å². The molecule has 1 aliphatic heterocycles. The molecule has 1 amide bonds. The van der Waals surface area contributed by atoms with Crippen LogP contribution < -0.4 is 14.2 Å². The Balaban J connectivity index is 1.73. The van der Waals surface area contributed by atoms with Crippen LogP contribution in [0.15, 0.2) is 36.8 Å². The summed E-state index contributed by atoms with van der Waals surface area (Å²) in [7, 11) is 2.77. The van der Waals surface area contributed by atoms with Crippen molar-refractivity contribution in [2.24, 2.45) is 0 Å². The number of carbonyl (C=O) groups is 1. The van der Waals surface area contributed by atoms with E-state index < -0.39 is 12.1 Å². The SMILES string of the molecule is COc1cc(OC(F)(F)F)ccc1-c1nc(OC)c(-n2cncc2C(=O)N2CCOCC2)cc1C. The number of rotatable bonds is 6. The van der Waals surface area contributed by atoms with Gasteiger partial charge in [-0.2, -0.15) is 0 Å². The molecule has 0 atom stereocenters. The van der Waals surface area contributed by atoms with Crippen LogP contribution in [0.4, 0.5) is 13.2 Å². The number of imidazole rings is 1. The molecule has 35 heavy (non-hydrogen) atoms. The van der Waals surface area contributed by atoms with E-state index in [2.05, 4.69) is 14.7 Å². The van der Waals surface area contributed by atoms with Crippen molar-refractivity contribution in [3.05, 3.63) is 48.0 Å². The van der Waals surface area contributed by atoms with Gasteiger partial charge in [0.25, 0.3) is 5.91 Å². The van der Waals surface area contributed by atoms with E-state index in [9.17, 15) is 18.0 Å². The average molecular weight is 492 g/mol. The summed E-state index contributed by atoms with van der Waals surface area (Å²) in [6.45, 7) is 3.67. The standard InChI is InChI=1S/C23H23F3N4O5/c1-14-10-17(30-13-27-12-18(30)22(31)29-6-8-34-9-7-29)21(33-3)28-20(14)16-5-4-15(11-19(16)32-2)35-23(24,25)26/h4-5,10-13H,6-9H2,1-3H3. The van der Waals surface area contributed by atoms with Gasteiger partial charge in [-0.1, -0.05) is 0 Å². The monoisotopic (exact) mass is 492 g/mol. The van der Waals surface area contributed by atoms with Gasteiger partial charge in [-0.15, -0.1) is 13.2 Å². The van der Waals surface area contributed by atoms with Crippen molar-refractivity contribution in [1.29, 1.82) is 0 Å². The van der Waals surface area contributed by atoms with Crippen LogP contribution in [0.2, 0.25) is 0 Å². The molecule has 0 spiro atoms. The fraction of sp³-hybridized carbons (Fsp3) is 0.348. The number of carbonyl (C=O) groups excluding carboxylic acids is 1. The summed E-state index contributed by atoms with van der Waals surface area (Å²) in [5, 5.41) is 0. The molecule has 0 saturated carbocycles. The number of ether oxygens (including phenoxy) is 4. The van der Waals surface area contributed by atoms with Gasteiger partial charge in [0.1, 0.15) is 22.9 Å². The van der Waals surface area contributed by atoms with Gasteiger partial charge < -0.3 is 23.8 Å². The van der Waals surface area contributed by atoms with E-state index in [1.807, 2.05) is 0 Å². The molecular formula is C23H23F3N4O5. The molecule has 0 bridgehead atoms. The Morgan fingerprint density at radius 3 is 2.51 bits per heavy atom. The minimum atomic E-state index is -4.83. The molecule has 1 fully saturated rings. The van der Waals surface area contributed by atoms with Crippen molar-refractivity contribution < 1.29 is 36.9 Å². The van der Waals surface area contributed by atoms with E-state index in [1.54, 1.807) is 22.5 Å². The van der Waals surface area contributed by atoms with E-state index in [4.69, 9.17) is 14.2 Å². The second-order valence-electron chi connectivity index (χ2n) is 7.65. The van der Waals surface area contributed by atoms with Gasteiger partial charge in [-0.05, 0) is 30.7 Å². The van der Waals surface area contributed by atoms with E-state index in [0.717, 1.165) is 6.07 Å². The number of alkyl halides is 3. The lowest BCUT2D eigenvalue weighted by atomic mass is 10.0. The van der Waals surface area contributed by atoms with Crippen LogP contribution in [0.5, 0.6) is 17.4 Å². The third-order valence-corrected chi connectivity index (χ3v) is 5.43. The smallest absolute Gasteiger partial charge is 0.496 e. The minimum Gasteiger partial charge on any atom is -0.496 e. The summed E-state index contributed by atoms with van der Waals surface area (Å²) in [6.07, 6.45) is -1.86. The summed E-state index contributed by atoms with van der Waals surface area (Å²) >= 11 is 0. The van der Waals surface area contributed by atoms with Gasteiger partial charge in [-0.3, -0.25) is 9.36 Å². The van der Waals surface area contributed by atoms with Gasteiger partial charge in [0.2, 0.25) is 5.88 Å². The number of benzene rings is 1. The number of pyridine rings is 1. The molecule has 0 radical (unpaired) electrons. The lowest BCUT2D eigenvalue weighted by Gasteiger charge is -2.27. The number of amides is 1. The van der Waals surface area contributed by atoms with E-state index >= 15 is 0 Å². The second-order valence-corrected chi connectivity index (χ2v) is 7.65. The van der Waals surface area contributed by atoms with Crippen molar-refractivity contribution in [2.45, 2.75) is 13.3 Å². The number of nitrogens with zero attached hydrogens (tertiary/aromatic N) is 4. The van der Waals surface area contributed by atoms with Crippen LogP contribution in [0.1, 0.15) is 16.1 Å². The Labute approximate surface area is 199 Å². The van der Waals surface area contributed by atoms with Crippen LogP contribution in [-0.4, -0.2) is 72.2 Å². The number of aromatic nitrogens is 3.